The fourth-order valence-corrected chi connectivity index (χ4v) is 1.51. The van der Waals surface area contributed by atoms with Crippen molar-refractivity contribution in [2.45, 2.75) is 0 Å². The van der Waals surface area contributed by atoms with Gasteiger partial charge in [-0.2, -0.15) is 0 Å². The third kappa shape index (κ3) is 2.73. The van der Waals surface area contributed by atoms with E-state index in [1.54, 1.807) is 24.2 Å². The molecule has 1 aromatic heterocycles. The molecule has 0 unspecified atom stereocenters. The van der Waals surface area contributed by atoms with Crippen molar-refractivity contribution in [3.8, 4) is 0 Å². The number of thioether (sulfide) groups is 1. The Labute approximate surface area is 98.5 Å². The molecule has 0 spiro atoms. The summed E-state index contributed by atoms with van der Waals surface area (Å²) >= 11 is 1.59. The molecule has 0 radical (unpaired) electrons. The van der Waals surface area contributed by atoms with Crippen molar-refractivity contribution < 1.29 is 4.84 Å². The van der Waals surface area contributed by atoms with Crippen LogP contribution in [0.2, 0.25) is 0 Å². The molecule has 2 aromatic rings. The molecule has 0 N–H and O–H groups in total. The third-order valence-electron chi connectivity index (χ3n) is 2.08. The number of hydrogen-bond donors (Lipinski definition) is 0. The van der Waals surface area contributed by atoms with Crippen LogP contribution in [-0.4, -0.2) is 23.4 Å². The molecular formula is C12H12N2OS. The number of fused-ring (bicyclic) bond motifs is 1. The highest BCUT2D eigenvalue weighted by molar-refractivity contribution is 7.98. The van der Waals surface area contributed by atoms with Crippen LogP contribution in [0.5, 0.6) is 0 Å². The Morgan fingerprint density at radius 2 is 2.38 bits per heavy atom. The van der Waals surface area contributed by atoms with Crippen LogP contribution in [0.4, 0.5) is 0 Å². The average Bonchev–Trinajstić information content (AvgIpc) is 2.34. The summed E-state index contributed by atoms with van der Waals surface area (Å²) in [6, 6.07) is 9.97. The van der Waals surface area contributed by atoms with Crippen molar-refractivity contribution in [3.63, 3.8) is 0 Å². The van der Waals surface area contributed by atoms with Gasteiger partial charge in [0.2, 0.25) is 0 Å². The summed E-state index contributed by atoms with van der Waals surface area (Å²) in [6.45, 7) is 0. The zero-order valence-electron chi connectivity index (χ0n) is 8.96. The number of nitrogens with zero attached hydrogens (tertiary/aromatic N) is 2. The van der Waals surface area contributed by atoms with E-state index in [1.807, 2.05) is 36.6 Å². The number of hydrogen-bond acceptors (Lipinski definition) is 4. The van der Waals surface area contributed by atoms with E-state index in [0.29, 0.717) is 5.94 Å². The number of aromatic nitrogens is 1. The number of benzene rings is 1. The van der Waals surface area contributed by atoms with Gasteiger partial charge in [-0.3, -0.25) is 4.98 Å². The first-order valence-electron chi connectivity index (χ1n) is 4.89. The average molecular weight is 232 g/mol. The molecular weight excluding hydrogens is 220 g/mol. The molecule has 16 heavy (non-hydrogen) atoms. The highest BCUT2D eigenvalue weighted by atomic mass is 32.2. The smallest absolute Gasteiger partial charge is 0.162 e. The second-order valence-corrected chi connectivity index (χ2v) is 4.04. The molecule has 1 heterocycles. The maximum absolute atomic E-state index is 5.01. The summed E-state index contributed by atoms with van der Waals surface area (Å²) in [5, 5.41) is 4.99. The second-order valence-electron chi connectivity index (χ2n) is 3.23. The van der Waals surface area contributed by atoms with Crippen molar-refractivity contribution in [1.29, 1.82) is 0 Å². The molecule has 0 saturated carbocycles. The van der Waals surface area contributed by atoms with Gasteiger partial charge in [0, 0.05) is 11.6 Å². The largest absolute Gasteiger partial charge is 0.385 e. The lowest BCUT2D eigenvalue weighted by atomic mass is 10.1. The minimum Gasteiger partial charge on any atom is -0.385 e. The normalized spacial score (nSPS) is 11.1. The Morgan fingerprint density at radius 3 is 3.25 bits per heavy atom. The first kappa shape index (κ1) is 11.0. The first-order valence-corrected chi connectivity index (χ1v) is 6.28. The molecule has 1 aromatic carbocycles. The second kappa shape index (κ2) is 5.51. The van der Waals surface area contributed by atoms with E-state index in [1.165, 1.54) is 0 Å². The lowest BCUT2D eigenvalue weighted by Gasteiger charge is -1.98. The predicted octanol–water partition coefficient (Wildman–Crippen LogP) is 2.91. The molecule has 2 rings (SSSR count). The predicted molar refractivity (Wildman–Crippen MR) is 68.8 cm³/mol. The van der Waals surface area contributed by atoms with Gasteiger partial charge in [0.1, 0.15) is 0 Å². The van der Waals surface area contributed by atoms with Crippen LogP contribution >= 0.6 is 11.8 Å². The summed E-state index contributed by atoms with van der Waals surface area (Å²) in [4.78, 5) is 9.29. The van der Waals surface area contributed by atoms with Crippen LogP contribution in [-0.2, 0) is 4.84 Å². The molecule has 3 nitrogen and oxygen atoms in total. The molecule has 0 bridgehead atoms. The van der Waals surface area contributed by atoms with Gasteiger partial charge in [0.05, 0.1) is 11.7 Å². The maximum Gasteiger partial charge on any atom is 0.162 e. The van der Waals surface area contributed by atoms with E-state index in [2.05, 4.69) is 10.1 Å². The highest BCUT2D eigenvalue weighted by Crippen LogP contribution is 2.11. The maximum atomic E-state index is 5.01. The van der Waals surface area contributed by atoms with Crippen LogP contribution < -0.4 is 0 Å². The lowest BCUT2D eigenvalue weighted by Crippen LogP contribution is -1.86. The van der Waals surface area contributed by atoms with Gasteiger partial charge in [-0.05, 0) is 24.0 Å². The van der Waals surface area contributed by atoms with Crippen LogP contribution in [0, 0.1) is 0 Å². The zero-order valence-corrected chi connectivity index (χ0v) is 9.78. The van der Waals surface area contributed by atoms with Gasteiger partial charge in [0.15, 0.2) is 5.94 Å². The number of pyridine rings is 1. The topological polar surface area (TPSA) is 34.5 Å². The summed E-state index contributed by atoms with van der Waals surface area (Å²) in [7, 11) is 0. The van der Waals surface area contributed by atoms with Gasteiger partial charge >= 0.3 is 0 Å². The Balaban J connectivity index is 2.16. The molecule has 0 atom stereocenters. The van der Waals surface area contributed by atoms with E-state index in [0.717, 1.165) is 16.5 Å². The lowest BCUT2D eigenvalue weighted by molar-refractivity contribution is 0.199. The Bertz CT molecular complexity index is 499. The standard InChI is InChI=1S/C12H12N2OS/c1-16-9-15-14-8-10-4-5-11-3-2-6-13-12(11)7-10/h2-8H,9H2,1H3. The van der Waals surface area contributed by atoms with Gasteiger partial charge in [0.25, 0.3) is 0 Å². The number of oxime groups is 1. The minimum atomic E-state index is 0.572. The van der Waals surface area contributed by atoms with Gasteiger partial charge in [-0.25, -0.2) is 0 Å². The fraction of sp³-hybridized carbons (Fsp3) is 0.167. The van der Waals surface area contributed by atoms with Crippen molar-refractivity contribution in [3.05, 3.63) is 42.1 Å². The molecule has 4 heteroatoms. The van der Waals surface area contributed by atoms with Crippen LogP contribution in [0.25, 0.3) is 10.9 Å². The first-order chi connectivity index (χ1) is 7.90. The molecule has 0 fully saturated rings. The van der Waals surface area contributed by atoms with Crippen molar-refractivity contribution >= 4 is 28.9 Å². The summed E-state index contributed by atoms with van der Waals surface area (Å²) in [5.74, 6) is 0.572. The van der Waals surface area contributed by atoms with Crippen molar-refractivity contribution in [1.82, 2.24) is 4.98 Å². The van der Waals surface area contributed by atoms with E-state index in [9.17, 15) is 0 Å². The van der Waals surface area contributed by atoms with E-state index in [4.69, 9.17) is 4.84 Å². The van der Waals surface area contributed by atoms with Gasteiger partial charge < -0.3 is 4.84 Å². The van der Waals surface area contributed by atoms with Crippen molar-refractivity contribution in [2.24, 2.45) is 5.16 Å². The Hall–Kier alpha value is -1.55. The monoisotopic (exact) mass is 232 g/mol. The summed E-state index contributed by atoms with van der Waals surface area (Å²) in [5.41, 5.74) is 1.96. The minimum absolute atomic E-state index is 0.572. The zero-order chi connectivity index (χ0) is 11.2. The highest BCUT2D eigenvalue weighted by Gasteiger charge is 1.94. The van der Waals surface area contributed by atoms with E-state index >= 15 is 0 Å². The fourth-order valence-electron chi connectivity index (χ4n) is 1.35. The molecule has 82 valence electrons. The molecule has 0 saturated heterocycles. The molecule has 0 amide bonds. The van der Waals surface area contributed by atoms with E-state index in [-0.39, 0.29) is 0 Å². The van der Waals surface area contributed by atoms with Crippen LogP contribution in [0.15, 0.2) is 41.7 Å². The van der Waals surface area contributed by atoms with E-state index < -0.39 is 0 Å². The SMILES string of the molecule is CSCON=Cc1ccc2cccnc2c1. The van der Waals surface area contributed by atoms with Crippen LogP contribution in [0.1, 0.15) is 5.56 Å². The van der Waals surface area contributed by atoms with Crippen molar-refractivity contribution in [2.75, 3.05) is 12.2 Å². The molecule has 0 aliphatic carbocycles. The van der Waals surface area contributed by atoms with Crippen LogP contribution in [0.3, 0.4) is 0 Å². The molecule has 0 aliphatic heterocycles. The molecule has 0 aliphatic rings. The quantitative estimate of drug-likeness (QED) is 0.352. The number of rotatable bonds is 4. The third-order valence-corrected chi connectivity index (χ3v) is 2.42. The summed E-state index contributed by atoms with van der Waals surface area (Å²) in [6.07, 6.45) is 5.45. The van der Waals surface area contributed by atoms with Gasteiger partial charge in [-0.1, -0.05) is 23.4 Å². The summed E-state index contributed by atoms with van der Waals surface area (Å²) < 4.78 is 0. The van der Waals surface area contributed by atoms with Gasteiger partial charge in [-0.15, -0.1) is 11.8 Å². The Kier molecular flexibility index (Phi) is 3.77. The Morgan fingerprint density at radius 1 is 1.44 bits per heavy atom.